The molecule has 0 bridgehead atoms. The minimum atomic E-state index is -0.429. The van der Waals surface area contributed by atoms with Crippen LogP contribution in [0.15, 0.2) is 18.2 Å². The van der Waals surface area contributed by atoms with Crippen molar-refractivity contribution < 1.29 is 14.3 Å². The van der Waals surface area contributed by atoms with E-state index in [2.05, 4.69) is 5.32 Å². The zero-order valence-corrected chi connectivity index (χ0v) is 12.7. The Labute approximate surface area is 130 Å². The van der Waals surface area contributed by atoms with Crippen LogP contribution in [0.3, 0.4) is 0 Å². The third-order valence-corrected chi connectivity index (χ3v) is 5.00. The van der Waals surface area contributed by atoms with Crippen LogP contribution in [0.4, 0.5) is 9.18 Å². The van der Waals surface area contributed by atoms with Crippen molar-refractivity contribution in [3.05, 3.63) is 35.1 Å². The molecular weight excluding hydrogens is 283 g/mol. The predicted molar refractivity (Wildman–Crippen MR) is 81.6 cm³/mol. The number of halogens is 1. The zero-order valence-electron chi connectivity index (χ0n) is 12.7. The topological polar surface area (TPSA) is 52.6 Å². The molecule has 1 heterocycles. The van der Waals surface area contributed by atoms with Crippen molar-refractivity contribution in [2.24, 2.45) is 11.8 Å². The molecule has 3 rings (SSSR count). The summed E-state index contributed by atoms with van der Waals surface area (Å²) in [6.07, 6.45) is 5.05. The van der Waals surface area contributed by atoms with Gasteiger partial charge in [-0.3, -0.25) is 0 Å². The molecule has 2 N–H and O–H groups in total. The normalized spacial score (nSPS) is 24.2. The van der Waals surface area contributed by atoms with E-state index in [1.807, 2.05) is 4.90 Å². The number of nitrogens with zero attached hydrogens (tertiary/aromatic N) is 1. The summed E-state index contributed by atoms with van der Waals surface area (Å²) in [4.78, 5) is 14.2. The molecule has 0 spiro atoms. The van der Waals surface area contributed by atoms with Gasteiger partial charge in [0.2, 0.25) is 0 Å². The van der Waals surface area contributed by atoms with E-state index >= 15 is 0 Å². The fourth-order valence-electron chi connectivity index (χ4n) is 3.69. The molecule has 1 saturated heterocycles. The SMILES string of the molecule is O=C(NCc1ccc(CO)c(F)c1)N1C[C@H]2CCCC[C@H]2C1. The molecule has 2 fully saturated rings. The van der Waals surface area contributed by atoms with Gasteiger partial charge in [0.05, 0.1) is 6.61 Å². The smallest absolute Gasteiger partial charge is 0.317 e. The Hall–Kier alpha value is -1.62. The lowest BCUT2D eigenvalue weighted by Crippen LogP contribution is -2.38. The fourth-order valence-corrected chi connectivity index (χ4v) is 3.69. The number of carbonyl (C=O) groups excluding carboxylic acids is 1. The molecule has 22 heavy (non-hydrogen) atoms. The van der Waals surface area contributed by atoms with Gasteiger partial charge in [-0.15, -0.1) is 0 Å². The van der Waals surface area contributed by atoms with Gasteiger partial charge in [0, 0.05) is 25.2 Å². The van der Waals surface area contributed by atoms with Crippen molar-refractivity contribution in [2.75, 3.05) is 13.1 Å². The Morgan fingerprint density at radius 1 is 1.27 bits per heavy atom. The lowest BCUT2D eigenvalue weighted by Gasteiger charge is -2.22. The van der Waals surface area contributed by atoms with Gasteiger partial charge >= 0.3 is 6.03 Å². The van der Waals surface area contributed by atoms with Crippen LogP contribution >= 0.6 is 0 Å². The Bertz CT molecular complexity index is 535. The molecule has 120 valence electrons. The summed E-state index contributed by atoms with van der Waals surface area (Å²) in [6, 6.07) is 4.61. The summed E-state index contributed by atoms with van der Waals surface area (Å²) in [7, 11) is 0. The highest BCUT2D eigenvalue weighted by molar-refractivity contribution is 5.74. The van der Waals surface area contributed by atoms with Crippen LogP contribution < -0.4 is 5.32 Å². The minimum Gasteiger partial charge on any atom is -0.392 e. The highest BCUT2D eigenvalue weighted by Gasteiger charge is 2.36. The van der Waals surface area contributed by atoms with E-state index in [4.69, 9.17) is 5.11 Å². The third kappa shape index (κ3) is 3.24. The van der Waals surface area contributed by atoms with Crippen molar-refractivity contribution in [1.82, 2.24) is 10.2 Å². The van der Waals surface area contributed by atoms with Crippen LogP contribution in [0, 0.1) is 17.7 Å². The number of fused-ring (bicyclic) bond motifs is 1. The lowest BCUT2D eigenvalue weighted by molar-refractivity contribution is 0.206. The number of rotatable bonds is 3. The van der Waals surface area contributed by atoms with Crippen LogP contribution in [0.5, 0.6) is 0 Å². The van der Waals surface area contributed by atoms with E-state index in [1.54, 1.807) is 12.1 Å². The number of nitrogens with one attached hydrogen (secondary N) is 1. The first-order valence-corrected chi connectivity index (χ1v) is 8.08. The van der Waals surface area contributed by atoms with Gasteiger partial charge in [-0.2, -0.15) is 0 Å². The number of hydrogen-bond donors (Lipinski definition) is 2. The fraction of sp³-hybridized carbons (Fsp3) is 0.588. The molecule has 1 aliphatic carbocycles. The van der Waals surface area contributed by atoms with Gasteiger partial charge in [0.25, 0.3) is 0 Å². The van der Waals surface area contributed by atoms with Crippen molar-refractivity contribution in [3.8, 4) is 0 Å². The molecule has 0 aromatic heterocycles. The molecule has 2 amide bonds. The van der Waals surface area contributed by atoms with E-state index in [9.17, 15) is 9.18 Å². The summed E-state index contributed by atoms with van der Waals surface area (Å²) < 4.78 is 13.6. The molecule has 0 unspecified atom stereocenters. The van der Waals surface area contributed by atoms with E-state index in [0.29, 0.717) is 23.9 Å². The maximum atomic E-state index is 13.6. The van der Waals surface area contributed by atoms with Crippen LogP contribution in [0.2, 0.25) is 0 Å². The van der Waals surface area contributed by atoms with Crippen molar-refractivity contribution in [2.45, 2.75) is 38.8 Å². The molecule has 1 aromatic carbocycles. The van der Waals surface area contributed by atoms with Crippen LogP contribution in [-0.2, 0) is 13.2 Å². The zero-order chi connectivity index (χ0) is 15.5. The van der Waals surface area contributed by atoms with Gasteiger partial charge in [-0.1, -0.05) is 25.0 Å². The Morgan fingerprint density at radius 2 is 1.95 bits per heavy atom. The number of benzene rings is 1. The minimum absolute atomic E-state index is 0.0546. The summed E-state index contributed by atoms with van der Waals surface area (Å²) in [5.41, 5.74) is 0.985. The first-order chi connectivity index (χ1) is 10.7. The molecular formula is C17H23FN2O2. The molecule has 2 atom stereocenters. The van der Waals surface area contributed by atoms with Gasteiger partial charge in [-0.05, 0) is 36.3 Å². The Balaban J connectivity index is 1.53. The molecule has 2 aliphatic rings. The van der Waals surface area contributed by atoms with Gasteiger partial charge < -0.3 is 15.3 Å². The van der Waals surface area contributed by atoms with E-state index in [-0.39, 0.29) is 18.2 Å². The van der Waals surface area contributed by atoms with E-state index < -0.39 is 5.82 Å². The maximum absolute atomic E-state index is 13.6. The van der Waals surface area contributed by atoms with Crippen molar-refractivity contribution >= 4 is 6.03 Å². The van der Waals surface area contributed by atoms with Crippen LogP contribution in [0.1, 0.15) is 36.8 Å². The van der Waals surface area contributed by atoms with Crippen molar-refractivity contribution in [3.63, 3.8) is 0 Å². The first kappa shape index (κ1) is 15.3. The summed E-state index contributed by atoms with van der Waals surface area (Å²) >= 11 is 0. The van der Waals surface area contributed by atoms with E-state index in [1.165, 1.54) is 31.7 Å². The monoisotopic (exact) mass is 306 g/mol. The largest absolute Gasteiger partial charge is 0.392 e. The predicted octanol–water partition coefficient (Wildman–Crippen LogP) is 2.65. The van der Waals surface area contributed by atoms with Crippen LogP contribution in [-0.4, -0.2) is 29.1 Å². The number of amides is 2. The molecule has 0 radical (unpaired) electrons. The average molecular weight is 306 g/mol. The number of aliphatic hydroxyl groups is 1. The van der Waals surface area contributed by atoms with Crippen LogP contribution in [0.25, 0.3) is 0 Å². The molecule has 1 aromatic rings. The van der Waals surface area contributed by atoms with E-state index in [0.717, 1.165) is 13.1 Å². The second-order valence-corrected chi connectivity index (χ2v) is 6.45. The average Bonchev–Trinajstić information content (AvgIpc) is 2.97. The van der Waals surface area contributed by atoms with Crippen molar-refractivity contribution in [1.29, 1.82) is 0 Å². The Kier molecular flexibility index (Phi) is 4.62. The molecule has 5 heteroatoms. The standard InChI is InChI=1S/C17H23FN2O2/c18-16-7-12(5-6-15(16)11-21)8-19-17(22)20-9-13-3-1-2-4-14(13)10-20/h5-7,13-14,21H,1-4,8-11H2,(H,19,22)/t13-,14+. The quantitative estimate of drug-likeness (QED) is 0.902. The summed E-state index contributed by atoms with van der Waals surface area (Å²) in [5, 5.41) is 11.8. The summed E-state index contributed by atoms with van der Waals surface area (Å²) in [5.74, 6) is 0.906. The highest BCUT2D eigenvalue weighted by Crippen LogP contribution is 2.35. The van der Waals surface area contributed by atoms with Gasteiger partial charge in [0.1, 0.15) is 5.82 Å². The number of likely N-dealkylation sites (tertiary alicyclic amines) is 1. The second kappa shape index (κ2) is 6.65. The number of urea groups is 1. The maximum Gasteiger partial charge on any atom is 0.317 e. The molecule has 1 aliphatic heterocycles. The third-order valence-electron chi connectivity index (χ3n) is 5.00. The number of carbonyl (C=O) groups is 1. The second-order valence-electron chi connectivity index (χ2n) is 6.45. The highest BCUT2D eigenvalue weighted by atomic mass is 19.1. The lowest BCUT2D eigenvalue weighted by atomic mass is 9.82. The number of hydrogen-bond acceptors (Lipinski definition) is 2. The summed E-state index contributed by atoms with van der Waals surface area (Å²) in [6.45, 7) is 1.71. The first-order valence-electron chi connectivity index (χ1n) is 8.08. The van der Waals surface area contributed by atoms with Gasteiger partial charge in [0.15, 0.2) is 0 Å². The Morgan fingerprint density at radius 3 is 2.55 bits per heavy atom. The number of aliphatic hydroxyl groups excluding tert-OH is 1. The van der Waals surface area contributed by atoms with Gasteiger partial charge in [-0.25, -0.2) is 9.18 Å². The molecule has 1 saturated carbocycles. The molecule has 4 nitrogen and oxygen atoms in total.